The number of quaternary nitrogens is 1. The van der Waals surface area contributed by atoms with Gasteiger partial charge in [0.05, 0.1) is 18.8 Å². The maximum absolute atomic E-state index is 12.6. The van der Waals surface area contributed by atoms with Crippen LogP contribution in [0.5, 0.6) is 11.5 Å². The second kappa shape index (κ2) is 8.02. The number of hydrogen-bond acceptors (Lipinski definition) is 7. The van der Waals surface area contributed by atoms with Gasteiger partial charge in [0.25, 0.3) is 0 Å². The van der Waals surface area contributed by atoms with E-state index in [-0.39, 0.29) is 28.7 Å². The van der Waals surface area contributed by atoms with Crippen LogP contribution in [-0.2, 0) is 4.74 Å². The zero-order valence-electron chi connectivity index (χ0n) is 15.3. The molecular weight excluding hydrogens is 380 g/mol. The highest BCUT2D eigenvalue weighted by Crippen LogP contribution is 2.35. The van der Waals surface area contributed by atoms with E-state index in [1.165, 1.54) is 36.4 Å². The summed E-state index contributed by atoms with van der Waals surface area (Å²) in [5.74, 6) is 0.288. The van der Waals surface area contributed by atoms with Gasteiger partial charge in [0.15, 0.2) is 11.4 Å². The fourth-order valence-corrected chi connectivity index (χ4v) is 3.05. The molecule has 0 saturated carbocycles. The summed E-state index contributed by atoms with van der Waals surface area (Å²) in [6, 6.07) is 10.7. The molecule has 9 heteroatoms. The zero-order valence-corrected chi connectivity index (χ0v) is 15.3. The van der Waals surface area contributed by atoms with Gasteiger partial charge in [0.2, 0.25) is 5.78 Å². The average Bonchev–Trinajstić information content (AvgIpc) is 3.03. The molecule has 2 aliphatic heterocycles. The molecule has 1 unspecified atom stereocenters. The van der Waals surface area contributed by atoms with Gasteiger partial charge in [-0.3, -0.25) is 4.79 Å². The fourth-order valence-electron chi connectivity index (χ4n) is 3.05. The lowest BCUT2D eigenvalue weighted by atomic mass is 10.1. The molecule has 4 rings (SSSR count). The molecule has 9 nitrogen and oxygen atoms in total. The van der Waals surface area contributed by atoms with Gasteiger partial charge in [0, 0.05) is 31.3 Å². The molecule has 29 heavy (non-hydrogen) atoms. The van der Waals surface area contributed by atoms with Crippen LogP contribution in [0.3, 0.4) is 0 Å². The normalized spacial score (nSPS) is 18.3. The van der Waals surface area contributed by atoms with Crippen molar-refractivity contribution in [2.24, 2.45) is 0 Å². The number of ether oxygens (including phenoxy) is 3. The number of carbonyl (C=O) groups is 2. The topological polar surface area (TPSA) is 113 Å². The van der Waals surface area contributed by atoms with Crippen molar-refractivity contribution in [1.82, 2.24) is 4.90 Å². The number of morpholine rings is 1. The van der Waals surface area contributed by atoms with Crippen LogP contribution in [0.1, 0.15) is 15.9 Å². The van der Waals surface area contributed by atoms with E-state index >= 15 is 0 Å². The van der Waals surface area contributed by atoms with Gasteiger partial charge in [-0.05, 0) is 23.8 Å². The van der Waals surface area contributed by atoms with E-state index in [0.29, 0.717) is 37.4 Å². The Hall–Kier alpha value is -3.24. The highest BCUT2D eigenvalue weighted by atomic mass is 16.8. The minimum atomic E-state index is -1.06. The number of nitrogens with zero attached hydrogens (tertiary/aromatic N) is 1. The van der Waals surface area contributed by atoms with Crippen LogP contribution in [0, 0.1) is 5.21 Å². The van der Waals surface area contributed by atoms with Crippen LogP contribution in [0.2, 0.25) is 0 Å². The molecule has 0 aromatic heterocycles. The first kappa shape index (κ1) is 19.1. The van der Waals surface area contributed by atoms with Crippen molar-refractivity contribution in [2.75, 3.05) is 26.3 Å². The molecule has 2 heterocycles. The highest BCUT2D eigenvalue weighted by Gasteiger charge is 2.28. The third-order valence-corrected chi connectivity index (χ3v) is 4.55. The number of allylic oxidation sites excluding steroid dienone is 1. The van der Waals surface area contributed by atoms with Crippen LogP contribution < -0.4 is 14.7 Å². The molecule has 2 aromatic rings. The lowest BCUT2D eigenvalue weighted by Gasteiger charge is -2.25. The second-order valence-electron chi connectivity index (χ2n) is 6.50. The van der Waals surface area contributed by atoms with Crippen LogP contribution in [0.4, 0.5) is 10.5 Å². The van der Waals surface area contributed by atoms with Crippen molar-refractivity contribution < 1.29 is 34.2 Å². The molecule has 1 fully saturated rings. The monoisotopic (exact) mass is 398 g/mol. The number of hydrogen-bond donors (Lipinski definition) is 2. The van der Waals surface area contributed by atoms with E-state index in [1.807, 2.05) is 0 Å². The van der Waals surface area contributed by atoms with E-state index in [2.05, 4.69) is 0 Å². The van der Waals surface area contributed by atoms with Crippen LogP contribution in [-0.4, -0.2) is 48.3 Å². The quantitative estimate of drug-likeness (QED) is 0.596. The number of ketones is 1. The Morgan fingerprint density at radius 3 is 2.76 bits per heavy atom. The van der Waals surface area contributed by atoms with Gasteiger partial charge in [-0.1, -0.05) is 12.1 Å². The van der Waals surface area contributed by atoms with E-state index in [0.717, 1.165) is 0 Å². The van der Waals surface area contributed by atoms with E-state index in [9.17, 15) is 14.8 Å². The summed E-state index contributed by atoms with van der Waals surface area (Å²) in [4.78, 5) is 26.3. The smallest absolute Gasteiger partial charge is 0.415 e. The summed E-state index contributed by atoms with van der Waals surface area (Å²) in [5, 5.41) is 19.1. The summed E-state index contributed by atoms with van der Waals surface area (Å²) in [6.07, 6.45) is 0.993. The van der Waals surface area contributed by atoms with Gasteiger partial charge in [-0.25, -0.2) is 10.0 Å². The van der Waals surface area contributed by atoms with Gasteiger partial charge in [-0.15, -0.1) is 0 Å². The molecule has 2 aromatic carbocycles. The maximum atomic E-state index is 12.6. The van der Waals surface area contributed by atoms with Crippen molar-refractivity contribution in [2.45, 2.75) is 0 Å². The second-order valence-corrected chi connectivity index (χ2v) is 6.50. The Bertz CT molecular complexity index is 981. The number of nitrogens with one attached hydrogen (secondary N) is 1. The lowest BCUT2D eigenvalue weighted by Crippen LogP contribution is -2.99. The minimum Gasteiger partial charge on any atom is -0.595 e. The van der Waals surface area contributed by atoms with Gasteiger partial charge in [0.1, 0.15) is 11.5 Å². The SMILES string of the molecule is O=C1C(=Cc2cccc([NH+]([O-])O)c2)Oc2cc(OC(=O)N3CCOCC3)ccc21. The Balaban J connectivity index is 1.51. The number of benzene rings is 2. The summed E-state index contributed by atoms with van der Waals surface area (Å²) in [7, 11) is 0. The molecule has 0 radical (unpaired) electrons. The number of amides is 1. The van der Waals surface area contributed by atoms with Crippen molar-refractivity contribution in [3.05, 3.63) is 64.6 Å². The summed E-state index contributed by atoms with van der Waals surface area (Å²) in [5.41, 5.74) is 0.983. The van der Waals surface area contributed by atoms with Crippen LogP contribution in [0.25, 0.3) is 6.08 Å². The molecule has 0 bridgehead atoms. The maximum Gasteiger partial charge on any atom is 0.415 e. The Kier molecular flexibility index (Phi) is 5.28. The largest absolute Gasteiger partial charge is 0.595 e. The third kappa shape index (κ3) is 4.13. The third-order valence-electron chi connectivity index (χ3n) is 4.55. The van der Waals surface area contributed by atoms with Gasteiger partial charge in [-0.2, -0.15) is 5.23 Å². The van der Waals surface area contributed by atoms with Crippen molar-refractivity contribution in [3.63, 3.8) is 0 Å². The zero-order chi connectivity index (χ0) is 20.4. The summed E-state index contributed by atoms with van der Waals surface area (Å²) >= 11 is 0. The molecule has 1 atom stereocenters. The molecule has 2 aliphatic rings. The molecular formula is C20H18N2O7. The van der Waals surface area contributed by atoms with E-state index in [4.69, 9.17) is 19.4 Å². The first-order valence-electron chi connectivity index (χ1n) is 8.97. The number of Topliss-reactive ketones (excluding diaryl/α,β-unsaturated/α-hetero) is 1. The van der Waals surface area contributed by atoms with Crippen LogP contribution >= 0.6 is 0 Å². The number of fused-ring (bicyclic) bond motifs is 1. The first-order chi connectivity index (χ1) is 14.0. The fraction of sp³-hybridized carbons (Fsp3) is 0.200. The standard InChI is InChI=1S/C20H18N2O7/c23-19-16-5-4-15(28-20(24)21-6-8-27-9-7-21)12-17(16)29-18(19)11-13-2-1-3-14(10-13)22(25)26/h1-5,10-12,22,25H,6-9H2. The molecule has 2 N–H and O–H groups in total. The average molecular weight is 398 g/mol. The van der Waals surface area contributed by atoms with Gasteiger partial charge >= 0.3 is 6.09 Å². The van der Waals surface area contributed by atoms with Gasteiger partial charge < -0.3 is 24.3 Å². The van der Waals surface area contributed by atoms with E-state index in [1.54, 1.807) is 17.0 Å². The van der Waals surface area contributed by atoms with Crippen molar-refractivity contribution in [3.8, 4) is 11.5 Å². The summed E-state index contributed by atoms with van der Waals surface area (Å²) < 4.78 is 16.2. The minimum absolute atomic E-state index is 0.0687. The highest BCUT2D eigenvalue weighted by molar-refractivity contribution is 6.14. The molecule has 1 saturated heterocycles. The number of carbonyl (C=O) groups excluding carboxylic acids is 2. The Labute approximate surface area is 165 Å². The molecule has 150 valence electrons. The summed E-state index contributed by atoms with van der Waals surface area (Å²) in [6.45, 7) is 1.85. The predicted molar refractivity (Wildman–Crippen MR) is 100 cm³/mol. The predicted octanol–water partition coefficient (Wildman–Crippen LogP) is 1.54. The van der Waals surface area contributed by atoms with Crippen molar-refractivity contribution >= 4 is 23.6 Å². The Morgan fingerprint density at radius 2 is 2.00 bits per heavy atom. The first-order valence-corrected chi connectivity index (χ1v) is 8.97. The molecule has 1 amide bonds. The van der Waals surface area contributed by atoms with Crippen molar-refractivity contribution in [1.29, 1.82) is 0 Å². The van der Waals surface area contributed by atoms with Crippen LogP contribution in [0.15, 0.2) is 48.2 Å². The molecule has 0 spiro atoms. The lowest BCUT2D eigenvalue weighted by molar-refractivity contribution is -0.991. The molecule has 0 aliphatic carbocycles. The van der Waals surface area contributed by atoms with E-state index < -0.39 is 11.3 Å². The Morgan fingerprint density at radius 1 is 1.21 bits per heavy atom. The number of rotatable bonds is 3.